The summed E-state index contributed by atoms with van der Waals surface area (Å²) in [4.78, 5) is 22.0. The number of benzene rings is 2. The third kappa shape index (κ3) is 3.96. The Morgan fingerprint density at radius 2 is 2.17 bits per heavy atom. The van der Waals surface area contributed by atoms with Crippen molar-refractivity contribution in [3.05, 3.63) is 47.2 Å². The minimum atomic E-state index is -0.804. The number of anilines is 2. The highest BCUT2D eigenvalue weighted by molar-refractivity contribution is 6.30. The first kappa shape index (κ1) is 20.2. The van der Waals surface area contributed by atoms with Gasteiger partial charge >= 0.3 is 5.97 Å². The smallest absolute Gasteiger partial charge is 0.320 e. The number of methoxy groups -OCH3 is 1. The van der Waals surface area contributed by atoms with Gasteiger partial charge < -0.3 is 20.3 Å². The van der Waals surface area contributed by atoms with E-state index in [2.05, 4.69) is 15.3 Å². The van der Waals surface area contributed by atoms with E-state index >= 15 is 0 Å². The van der Waals surface area contributed by atoms with Gasteiger partial charge in [-0.3, -0.25) is 9.69 Å². The Kier molecular flexibility index (Phi) is 5.61. The lowest BCUT2D eigenvalue weighted by Crippen LogP contribution is -2.35. The predicted molar refractivity (Wildman–Crippen MR) is 114 cm³/mol. The molecule has 0 amide bonds. The molecule has 1 aliphatic heterocycles. The van der Waals surface area contributed by atoms with E-state index in [1.807, 2.05) is 11.0 Å². The van der Waals surface area contributed by atoms with E-state index in [0.717, 1.165) is 18.5 Å². The highest BCUT2D eigenvalue weighted by Crippen LogP contribution is 2.35. The number of nitrogens with one attached hydrogen (secondary N) is 1. The van der Waals surface area contributed by atoms with Crippen LogP contribution in [0.1, 0.15) is 18.4 Å². The molecule has 9 heteroatoms. The molecule has 2 aromatic carbocycles. The lowest BCUT2D eigenvalue weighted by molar-refractivity contribution is -0.142. The van der Waals surface area contributed by atoms with Crippen LogP contribution < -0.4 is 10.1 Å². The Bertz CT molecular complexity index is 1110. The number of ether oxygens (including phenoxy) is 1. The number of carbonyl (C=O) groups is 1. The lowest BCUT2D eigenvalue weighted by atomic mass is 10.1. The molecule has 0 saturated carbocycles. The molecule has 0 radical (unpaired) electrons. The Hall–Kier alpha value is -3.10. The molecule has 0 bridgehead atoms. The maximum atomic E-state index is 11.5. The number of rotatable bonds is 6. The van der Waals surface area contributed by atoms with Crippen molar-refractivity contribution in [1.29, 1.82) is 0 Å². The first-order valence-corrected chi connectivity index (χ1v) is 9.88. The summed E-state index contributed by atoms with van der Waals surface area (Å²) in [6.45, 7) is 1.20. The van der Waals surface area contributed by atoms with Gasteiger partial charge in [0.25, 0.3) is 0 Å². The fraction of sp³-hybridized carbons (Fsp3) is 0.286. The molecule has 0 aliphatic carbocycles. The third-order valence-corrected chi connectivity index (χ3v) is 5.52. The molecule has 0 unspecified atom stereocenters. The van der Waals surface area contributed by atoms with Crippen LogP contribution in [-0.2, 0) is 11.3 Å². The summed E-state index contributed by atoms with van der Waals surface area (Å²) in [5.74, 6) is -0.000240. The molecule has 0 spiro atoms. The van der Waals surface area contributed by atoms with E-state index in [1.165, 1.54) is 13.4 Å². The van der Waals surface area contributed by atoms with E-state index in [-0.39, 0.29) is 5.75 Å². The molecule has 3 aromatic rings. The molecule has 3 N–H and O–H groups in total. The number of aromatic nitrogens is 2. The van der Waals surface area contributed by atoms with E-state index in [1.54, 1.807) is 24.3 Å². The van der Waals surface area contributed by atoms with E-state index in [9.17, 15) is 15.0 Å². The van der Waals surface area contributed by atoms with Crippen molar-refractivity contribution < 1.29 is 19.7 Å². The summed E-state index contributed by atoms with van der Waals surface area (Å²) in [6.07, 6.45) is 2.92. The fourth-order valence-electron chi connectivity index (χ4n) is 3.78. The first-order valence-electron chi connectivity index (χ1n) is 9.50. The molecule has 1 atom stereocenters. The third-order valence-electron chi connectivity index (χ3n) is 5.28. The number of hydrogen-bond donors (Lipinski definition) is 3. The van der Waals surface area contributed by atoms with Gasteiger partial charge in [-0.05, 0) is 43.1 Å². The molecule has 30 heavy (non-hydrogen) atoms. The summed E-state index contributed by atoms with van der Waals surface area (Å²) in [5.41, 5.74) is 2.22. The van der Waals surface area contributed by atoms with Gasteiger partial charge in [-0.2, -0.15) is 0 Å². The van der Waals surface area contributed by atoms with Crippen LogP contribution in [0.15, 0.2) is 36.7 Å². The minimum absolute atomic E-state index is 0.0180. The number of fused-ring (bicyclic) bond motifs is 1. The number of phenolic OH excluding ortho intramolecular Hbond substituents is 1. The normalized spacial score (nSPS) is 16.7. The molecule has 1 saturated heterocycles. The summed E-state index contributed by atoms with van der Waals surface area (Å²) in [7, 11) is 1.47. The number of carboxylic acid groups (broad SMARTS) is 1. The molecule has 156 valence electrons. The maximum Gasteiger partial charge on any atom is 0.320 e. The van der Waals surface area contributed by atoms with Crippen LogP contribution in [0.3, 0.4) is 0 Å². The molecule has 1 fully saturated rings. The molecule has 8 nitrogen and oxygen atoms in total. The van der Waals surface area contributed by atoms with Gasteiger partial charge in [0.1, 0.15) is 18.2 Å². The maximum absolute atomic E-state index is 11.5. The first-order chi connectivity index (χ1) is 14.5. The Morgan fingerprint density at radius 1 is 1.33 bits per heavy atom. The van der Waals surface area contributed by atoms with Crippen molar-refractivity contribution in [2.75, 3.05) is 19.0 Å². The summed E-state index contributed by atoms with van der Waals surface area (Å²) in [6, 6.07) is 8.13. The van der Waals surface area contributed by atoms with Crippen LogP contribution in [0.5, 0.6) is 11.5 Å². The van der Waals surface area contributed by atoms with Crippen LogP contribution in [0.25, 0.3) is 10.9 Å². The van der Waals surface area contributed by atoms with Crippen molar-refractivity contribution in [2.24, 2.45) is 0 Å². The van der Waals surface area contributed by atoms with E-state index in [4.69, 9.17) is 16.3 Å². The second-order valence-corrected chi connectivity index (χ2v) is 7.59. The molecular weight excluding hydrogens is 408 g/mol. The molecule has 1 aliphatic rings. The Labute approximate surface area is 178 Å². The number of likely N-dealkylation sites (tertiary alicyclic amines) is 1. The van der Waals surface area contributed by atoms with E-state index in [0.29, 0.717) is 46.1 Å². The summed E-state index contributed by atoms with van der Waals surface area (Å²) >= 11 is 6.22. The molecule has 2 heterocycles. The number of halogens is 1. The van der Waals surface area contributed by atoms with Gasteiger partial charge in [0.15, 0.2) is 11.5 Å². The molecular formula is C21H21ClN4O4. The van der Waals surface area contributed by atoms with Crippen molar-refractivity contribution in [2.45, 2.75) is 25.4 Å². The van der Waals surface area contributed by atoms with Gasteiger partial charge in [-0.1, -0.05) is 17.7 Å². The zero-order chi connectivity index (χ0) is 21.3. The second kappa shape index (κ2) is 8.33. The highest BCUT2D eigenvalue weighted by atomic mass is 35.5. The highest BCUT2D eigenvalue weighted by Gasteiger charge is 2.30. The number of carboxylic acids is 1. The number of nitrogens with zero attached hydrogens (tertiary/aromatic N) is 3. The lowest BCUT2D eigenvalue weighted by Gasteiger charge is -2.23. The summed E-state index contributed by atoms with van der Waals surface area (Å²) in [5, 5.41) is 24.1. The minimum Gasteiger partial charge on any atom is -0.504 e. The predicted octanol–water partition coefficient (Wildman–Crippen LogP) is 3.79. The van der Waals surface area contributed by atoms with E-state index < -0.39 is 12.0 Å². The van der Waals surface area contributed by atoms with Gasteiger partial charge in [0.05, 0.1) is 12.6 Å². The average Bonchev–Trinajstić information content (AvgIpc) is 3.18. The van der Waals surface area contributed by atoms with Crippen LogP contribution in [0.4, 0.5) is 11.5 Å². The number of hydrogen-bond acceptors (Lipinski definition) is 7. The quantitative estimate of drug-likeness (QED) is 0.544. The van der Waals surface area contributed by atoms with Crippen molar-refractivity contribution in [3.8, 4) is 11.5 Å². The number of aliphatic carboxylic acids is 1. The Balaban J connectivity index is 1.69. The largest absolute Gasteiger partial charge is 0.504 e. The average molecular weight is 429 g/mol. The Morgan fingerprint density at radius 3 is 2.93 bits per heavy atom. The zero-order valence-corrected chi connectivity index (χ0v) is 17.1. The van der Waals surface area contributed by atoms with Crippen LogP contribution in [0, 0.1) is 0 Å². The van der Waals surface area contributed by atoms with Gasteiger partial charge in [-0.25, -0.2) is 9.97 Å². The molecule has 1 aromatic heterocycles. The standard InChI is InChI=1S/C21H21ClN4O4/c1-30-19-9-16-14(8-18(19)27)20(24-11-23-16)25-15-7-13(22)5-4-12(15)10-26-6-2-3-17(26)21(28)29/h4-5,7-9,11,17,27H,2-3,6,10H2,1H3,(H,28,29)(H,23,24,25)/t17-/m0/s1. The van der Waals surface area contributed by atoms with Gasteiger partial charge in [-0.15, -0.1) is 0 Å². The topological polar surface area (TPSA) is 108 Å². The van der Waals surface area contributed by atoms with Crippen molar-refractivity contribution >= 4 is 40.0 Å². The molecule has 4 rings (SSSR count). The second-order valence-electron chi connectivity index (χ2n) is 7.16. The van der Waals surface area contributed by atoms with Gasteiger partial charge in [0.2, 0.25) is 0 Å². The number of phenols is 1. The number of aromatic hydroxyl groups is 1. The van der Waals surface area contributed by atoms with Crippen LogP contribution in [-0.4, -0.2) is 50.7 Å². The monoisotopic (exact) mass is 428 g/mol. The fourth-order valence-corrected chi connectivity index (χ4v) is 3.95. The van der Waals surface area contributed by atoms with Crippen molar-refractivity contribution in [1.82, 2.24) is 14.9 Å². The zero-order valence-electron chi connectivity index (χ0n) is 16.3. The van der Waals surface area contributed by atoms with Crippen molar-refractivity contribution in [3.63, 3.8) is 0 Å². The summed E-state index contributed by atoms with van der Waals surface area (Å²) < 4.78 is 5.15. The van der Waals surface area contributed by atoms with Gasteiger partial charge in [0, 0.05) is 28.7 Å². The van der Waals surface area contributed by atoms with Crippen LogP contribution in [0.2, 0.25) is 5.02 Å². The SMILES string of the molecule is COc1cc2ncnc(Nc3cc(Cl)ccc3CN3CCC[C@H]3C(=O)O)c2cc1O. The van der Waals surface area contributed by atoms with Crippen LogP contribution >= 0.6 is 11.6 Å².